The molecule has 41 heavy (non-hydrogen) atoms. The van der Waals surface area contributed by atoms with Crippen molar-refractivity contribution in [1.82, 2.24) is 4.98 Å². The molecule has 0 N–H and O–H groups in total. The molecular formula is C39H23NO. The van der Waals surface area contributed by atoms with Crippen LogP contribution in [0.15, 0.2) is 144 Å². The summed E-state index contributed by atoms with van der Waals surface area (Å²) in [5.41, 5.74) is 7.60. The van der Waals surface area contributed by atoms with Crippen LogP contribution in [0.3, 0.4) is 0 Å². The van der Waals surface area contributed by atoms with Gasteiger partial charge in [-0.15, -0.1) is 0 Å². The Morgan fingerprint density at radius 3 is 2.00 bits per heavy atom. The Morgan fingerprint density at radius 1 is 0.439 bits per heavy atom. The third kappa shape index (κ3) is 3.22. The molecule has 2 aromatic heterocycles. The Balaban J connectivity index is 1.52. The largest absolute Gasteiger partial charge is 0.456 e. The summed E-state index contributed by atoms with van der Waals surface area (Å²) in [7, 11) is 0. The van der Waals surface area contributed by atoms with E-state index < -0.39 is 0 Å². The van der Waals surface area contributed by atoms with Crippen molar-refractivity contribution < 1.29 is 4.42 Å². The Morgan fingerprint density at radius 2 is 1.12 bits per heavy atom. The maximum absolute atomic E-state index is 6.33. The Hall–Kier alpha value is -5.47. The van der Waals surface area contributed by atoms with Crippen LogP contribution in [0.1, 0.15) is 0 Å². The van der Waals surface area contributed by atoms with E-state index in [0.29, 0.717) is 0 Å². The van der Waals surface area contributed by atoms with Gasteiger partial charge in [0.25, 0.3) is 0 Å². The molecule has 0 amide bonds. The molecule has 0 aliphatic carbocycles. The number of nitrogens with zero attached hydrogens (tertiary/aromatic N) is 1. The van der Waals surface area contributed by atoms with E-state index in [4.69, 9.17) is 9.40 Å². The van der Waals surface area contributed by atoms with Gasteiger partial charge in [-0.1, -0.05) is 109 Å². The van der Waals surface area contributed by atoms with Gasteiger partial charge in [0.2, 0.25) is 0 Å². The molecule has 0 saturated heterocycles. The molecule has 0 fully saturated rings. The summed E-state index contributed by atoms with van der Waals surface area (Å²) in [4.78, 5) is 4.99. The second-order valence-electron chi connectivity index (χ2n) is 10.7. The van der Waals surface area contributed by atoms with Gasteiger partial charge in [-0.05, 0) is 68.1 Å². The molecule has 9 rings (SSSR count). The fourth-order valence-electron chi connectivity index (χ4n) is 6.72. The predicted molar refractivity (Wildman–Crippen MR) is 172 cm³/mol. The minimum absolute atomic E-state index is 0.897. The lowest BCUT2D eigenvalue weighted by atomic mass is 9.84. The third-order valence-corrected chi connectivity index (χ3v) is 8.47. The molecule has 2 nitrogen and oxygen atoms in total. The van der Waals surface area contributed by atoms with Crippen molar-refractivity contribution in [3.05, 3.63) is 140 Å². The predicted octanol–water partition coefficient (Wildman–Crippen LogP) is 10.9. The van der Waals surface area contributed by atoms with E-state index in [0.717, 1.165) is 43.8 Å². The maximum Gasteiger partial charge on any atom is 0.136 e. The van der Waals surface area contributed by atoms with Gasteiger partial charge in [-0.3, -0.25) is 4.98 Å². The molecule has 0 aliphatic heterocycles. The molecule has 0 unspecified atom stereocenters. The fraction of sp³-hybridized carbons (Fsp3) is 0. The van der Waals surface area contributed by atoms with Crippen molar-refractivity contribution in [3.63, 3.8) is 0 Å². The van der Waals surface area contributed by atoms with Gasteiger partial charge in [0.15, 0.2) is 0 Å². The number of fused-ring (bicyclic) bond motifs is 8. The number of para-hydroxylation sites is 2. The molecule has 0 aliphatic rings. The smallest absolute Gasteiger partial charge is 0.136 e. The van der Waals surface area contributed by atoms with E-state index in [1.807, 2.05) is 12.1 Å². The second-order valence-corrected chi connectivity index (χ2v) is 10.7. The Bertz CT molecular complexity index is 2480. The van der Waals surface area contributed by atoms with Crippen molar-refractivity contribution in [2.24, 2.45) is 0 Å². The first-order chi connectivity index (χ1) is 20.3. The van der Waals surface area contributed by atoms with Gasteiger partial charge >= 0.3 is 0 Å². The number of benzene rings is 7. The molecule has 0 bridgehead atoms. The first-order valence-electron chi connectivity index (χ1n) is 14.0. The zero-order valence-corrected chi connectivity index (χ0v) is 22.1. The van der Waals surface area contributed by atoms with E-state index >= 15 is 0 Å². The van der Waals surface area contributed by atoms with Gasteiger partial charge in [0.1, 0.15) is 11.2 Å². The summed E-state index contributed by atoms with van der Waals surface area (Å²) < 4.78 is 6.33. The standard InChI is InChI=1S/C39H23NO/c1-2-11-25-22-26(21-20-24(25)10-1)36-27-12-3-4-13-28(27)37(32-23-40-33-17-7-5-14-29(33)39(32)36)31-16-9-19-35-38(31)30-15-6-8-18-34(30)41-35/h1-23H. The summed E-state index contributed by atoms with van der Waals surface area (Å²) in [5, 5.41) is 10.7. The van der Waals surface area contributed by atoms with E-state index in [2.05, 4.69) is 128 Å². The number of hydrogen-bond donors (Lipinski definition) is 0. The zero-order valence-electron chi connectivity index (χ0n) is 22.1. The van der Waals surface area contributed by atoms with Crippen LogP contribution in [0.25, 0.3) is 87.4 Å². The van der Waals surface area contributed by atoms with E-state index in [1.165, 1.54) is 43.6 Å². The summed E-state index contributed by atoms with van der Waals surface area (Å²) in [6.07, 6.45) is 2.07. The number of furan rings is 1. The molecule has 7 aromatic carbocycles. The summed E-state index contributed by atoms with van der Waals surface area (Å²) in [6.45, 7) is 0. The number of pyridine rings is 1. The van der Waals surface area contributed by atoms with E-state index in [9.17, 15) is 0 Å². The van der Waals surface area contributed by atoms with Crippen LogP contribution >= 0.6 is 0 Å². The number of aromatic nitrogens is 1. The molecule has 9 aromatic rings. The van der Waals surface area contributed by atoms with Crippen LogP contribution in [0.5, 0.6) is 0 Å². The number of hydrogen-bond acceptors (Lipinski definition) is 2. The number of rotatable bonds is 2. The van der Waals surface area contributed by atoms with Gasteiger partial charge in [-0.2, -0.15) is 0 Å². The quantitative estimate of drug-likeness (QED) is 0.167. The van der Waals surface area contributed by atoms with Gasteiger partial charge in [0.05, 0.1) is 5.52 Å². The summed E-state index contributed by atoms with van der Waals surface area (Å²) in [5.74, 6) is 0. The molecule has 2 heteroatoms. The van der Waals surface area contributed by atoms with Crippen LogP contribution in [-0.4, -0.2) is 4.98 Å². The average molecular weight is 522 g/mol. The molecule has 0 spiro atoms. The van der Waals surface area contributed by atoms with E-state index in [1.54, 1.807) is 0 Å². The van der Waals surface area contributed by atoms with Crippen molar-refractivity contribution in [2.45, 2.75) is 0 Å². The van der Waals surface area contributed by atoms with E-state index in [-0.39, 0.29) is 0 Å². The summed E-state index contributed by atoms with van der Waals surface area (Å²) >= 11 is 0. The molecule has 0 atom stereocenters. The zero-order chi connectivity index (χ0) is 26.9. The van der Waals surface area contributed by atoms with Crippen LogP contribution < -0.4 is 0 Å². The normalized spacial score (nSPS) is 11.9. The lowest BCUT2D eigenvalue weighted by Crippen LogP contribution is -1.93. The fourth-order valence-corrected chi connectivity index (χ4v) is 6.72. The summed E-state index contributed by atoms with van der Waals surface area (Å²) in [6, 6.07) is 47.5. The first kappa shape index (κ1) is 22.4. The maximum atomic E-state index is 6.33. The van der Waals surface area contributed by atoms with Crippen LogP contribution in [0.2, 0.25) is 0 Å². The van der Waals surface area contributed by atoms with Crippen molar-refractivity contribution in [3.8, 4) is 22.3 Å². The second kappa shape index (κ2) is 8.51. The molecule has 0 radical (unpaired) electrons. The van der Waals surface area contributed by atoms with Crippen molar-refractivity contribution in [1.29, 1.82) is 0 Å². The Labute approximate surface area is 236 Å². The lowest BCUT2D eigenvalue weighted by molar-refractivity contribution is 0.669. The van der Waals surface area contributed by atoms with Gasteiger partial charge in [0, 0.05) is 33.1 Å². The van der Waals surface area contributed by atoms with Crippen LogP contribution in [-0.2, 0) is 0 Å². The Kier molecular flexibility index (Phi) is 4.64. The lowest BCUT2D eigenvalue weighted by Gasteiger charge is -2.19. The molecular weight excluding hydrogens is 498 g/mol. The third-order valence-electron chi connectivity index (χ3n) is 8.47. The molecule has 2 heterocycles. The monoisotopic (exact) mass is 521 g/mol. The minimum atomic E-state index is 0.897. The minimum Gasteiger partial charge on any atom is -0.456 e. The van der Waals surface area contributed by atoms with Gasteiger partial charge in [-0.25, -0.2) is 0 Å². The average Bonchev–Trinajstić information content (AvgIpc) is 3.42. The highest BCUT2D eigenvalue weighted by molar-refractivity contribution is 6.29. The SMILES string of the molecule is c1ccc2cc(-c3c4ccccc4c(-c4cccc5oc6ccccc6c45)c4cnc5ccccc5c34)ccc2c1. The van der Waals surface area contributed by atoms with Crippen molar-refractivity contribution >= 4 is 65.2 Å². The molecule has 0 saturated carbocycles. The topological polar surface area (TPSA) is 26.0 Å². The van der Waals surface area contributed by atoms with Crippen LogP contribution in [0.4, 0.5) is 0 Å². The van der Waals surface area contributed by atoms with Crippen molar-refractivity contribution in [2.75, 3.05) is 0 Å². The van der Waals surface area contributed by atoms with Gasteiger partial charge < -0.3 is 4.42 Å². The molecule has 190 valence electrons. The highest BCUT2D eigenvalue weighted by Gasteiger charge is 2.22. The van der Waals surface area contributed by atoms with Crippen LogP contribution in [0, 0.1) is 0 Å². The first-order valence-corrected chi connectivity index (χ1v) is 14.0. The highest BCUT2D eigenvalue weighted by atomic mass is 16.3. The highest BCUT2D eigenvalue weighted by Crippen LogP contribution is 2.48.